The highest BCUT2D eigenvalue weighted by Crippen LogP contribution is 2.27. The third kappa shape index (κ3) is 3.92. The van der Waals surface area contributed by atoms with E-state index >= 15 is 0 Å². The summed E-state index contributed by atoms with van der Waals surface area (Å²) in [4.78, 5) is 10.7. The van der Waals surface area contributed by atoms with Crippen molar-refractivity contribution in [2.45, 2.75) is 25.3 Å². The Kier molecular flexibility index (Phi) is 4.55. The molecule has 1 rings (SSSR count). The second kappa shape index (κ2) is 5.73. The molecule has 0 saturated heterocycles. The first kappa shape index (κ1) is 14.3. The lowest BCUT2D eigenvalue weighted by molar-refractivity contribution is -0.138. The van der Waals surface area contributed by atoms with Gasteiger partial charge in [0.05, 0.1) is 20.6 Å². The van der Waals surface area contributed by atoms with E-state index in [0.717, 1.165) is 5.56 Å². The molecular formula is C13H19NO4. The second-order valence-electron chi connectivity index (χ2n) is 4.58. The Bertz CT molecular complexity index is 429. The molecule has 0 amide bonds. The average Bonchev–Trinajstić information content (AvgIpc) is 2.26. The second-order valence-corrected chi connectivity index (χ2v) is 4.58. The fourth-order valence-electron chi connectivity index (χ4n) is 1.86. The number of rotatable bonds is 6. The van der Waals surface area contributed by atoms with E-state index in [-0.39, 0.29) is 6.42 Å². The van der Waals surface area contributed by atoms with Gasteiger partial charge in [0.2, 0.25) is 0 Å². The first-order valence-electron chi connectivity index (χ1n) is 5.59. The fourth-order valence-corrected chi connectivity index (χ4v) is 1.86. The Labute approximate surface area is 107 Å². The van der Waals surface area contributed by atoms with Crippen molar-refractivity contribution >= 4 is 5.97 Å². The number of hydrogen-bond acceptors (Lipinski definition) is 4. The Balaban J connectivity index is 2.97. The third-order valence-electron chi connectivity index (χ3n) is 2.64. The molecule has 5 heteroatoms. The quantitative estimate of drug-likeness (QED) is 0.801. The number of carboxylic acid groups (broad SMARTS) is 1. The molecule has 1 aromatic rings. The average molecular weight is 253 g/mol. The van der Waals surface area contributed by atoms with E-state index in [0.29, 0.717) is 17.9 Å². The number of methoxy groups -OCH3 is 2. The van der Waals surface area contributed by atoms with Gasteiger partial charge < -0.3 is 20.3 Å². The molecule has 0 aliphatic heterocycles. The predicted molar refractivity (Wildman–Crippen MR) is 68.1 cm³/mol. The third-order valence-corrected chi connectivity index (χ3v) is 2.64. The van der Waals surface area contributed by atoms with Gasteiger partial charge >= 0.3 is 5.97 Å². The number of ether oxygens (including phenoxy) is 2. The molecule has 0 aliphatic carbocycles. The minimum Gasteiger partial charge on any atom is -0.497 e. The summed E-state index contributed by atoms with van der Waals surface area (Å²) in [6, 6.07) is 5.38. The summed E-state index contributed by atoms with van der Waals surface area (Å²) in [6.07, 6.45) is 0.299. The van der Waals surface area contributed by atoms with Gasteiger partial charge in [-0.25, -0.2) is 0 Å². The summed E-state index contributed by atoms with van der Waals surface area (Å²) in [5.41, 5.74) is 6.00. The molecule has 1 atom stereocenters. The van der Waals surface area contributed by atoms with Gasteiger partial charge in [-0.15, -0.1) is 0 Å². The highest BCUT2D eigenvalue weighted by atomic mass is 16.5. The monoisotopic (exact) mass is 253 g/mol. The number of hydrogen-bond donors (Lipinski definition) is 2. The zero-order valence-electron chi connectivity index (χ0n) is 10.9. The zero-order chi connectivity index (χ0) is 13.8. The predicted octanol–water partition coefficient (Wildman–Crippen LogP) is 1.44. The Hall–Kier alpha value is -1.75. The first-order valence-corrected chi connectivity index (χ1v) is 5.59. The van der Waals surface area contributed by atoms with Gasteiger partial charge in [-0.2, -0.15) is 0 Å². The Morgan fingerprint density at radius 2 is 2.06 bits per heavy atom. The maximum absolute atomic E-state index is 10.7. The van der Waals surface area contributed by atoms with E-state index in [4.69, 9.17) is 20.3 Å². The Morgan fingerprint density at radius 1 is 1.39 bits per heavy atom. The van der Waals surface area contributed by atoms with Crippen molar-refractivity contribution in [1.29, 1.82) is 0 Å². The lowest BCUT2D eigenvalue weighted by Crippen LogP contribution is -2.40. The van der Waals surface area contributed by atoms with Gasteiger partial charge in [0, 0.05) is 5.54 Å². The molecule has 0 heterocycles. The smallest absolute Gasteiger partial charge is 0.305 e. The SMILES string of the molecule is COc1ccc(OC)c(CC(C)(N)CC(=O)O)c1. The van der Waals surface area contributed by atoms with Crippen molar-refractivity contribution in [3.05, 3.63) is 23.8 Å². The van der Waals surface area contributed by atoms with Crippen molar-refractivity contribution in [2.75, 3.05) is 14.2 Å². The molecule has 100 valence electrons. The van der Waals surface area contributed by atoms with Crippen LogP contribution in [0.3, 0.4) is 0 Å². The van der Waals surface area contributed by atoms with E-state index in [2.05, 4.69) is 0 Å². The minimum absolute atomic E-state index is 0.104. The standard InChI is InChI=1S/C13H19NO4/c1-13(14,8-12(15)16)7-9-6-10(17-2)4-5-11(9)18-3/h4-6H,7-8,14H2,1-3H3,(H,15,16). The molecule has 0 fully saturated rings. The maximum Gasteiger partial charge on any atom is 0.305 e. The van der Waals surface area contributed by atoms with Crippen molar-refractivity contribution in [2.24, 2.45) is 5.73 Å². The van der Waals surface area contributed by atoms with Crippen LogP contribution in [0, 0.1) is 0 Å². The van der Waals surface area contributed by atoms with Gasteiger partial charge in [0.15, 0.2) is 0 Å². The Morgan fingerprint density at radius 3 is 2.56 bits per heavy atom. The number of aliphatic carboxylic acids is 1. The summed E-state index contributed by atoms with van der Waals surface area (Å²) in [5, 5.41) is 8.82. The van der Waals surface area contributed by atoms with E-state index in [1.807, 2.05) is 6.07 Å². The molecule has 3 N–H and O–H groups in total. The molecule has 1 aromatic carbocycles. The van der Waals surface area contributed by atoms with Crippen LogP contribution < -0.4 is 15.2 Å². The molecule has 0 radical (unpaired) electrons. The number of nitrogens with two attached hydrogens (primary N) is 1. The molecule has 1 unspecified atom stereocenters. The van der Waals surface area contributed by atoms with E-state index < -0.39 is 11.5 Å². The molecule has 18 heavy (non-hydrogen) atoms. The largest absolute Gasteiger partial charge is 0.497 e. The van der Waals surface area contributed by atoms with Crippen LogP contribution in [0.25, 0.3) is 0 Å². The molecule has 5 nitrogen and oxygen atoms in total. The van der Waals surface area contributed by atoms with Crippen LogP contribution in [0.2, 0.25) is 0 Å². The molecule has 0 saturated carbocycles. The van der Waals surface area contributed by atoms with Crippen molar-refractivity contribution in [3.63, 3.8) is 0 Å². The van der Waals surface area contributed by atoms with Crippen molar-refractivity contribution < 1.29 is 19.4 Å². The lowest BCUT2D eigenvalue weighted by Gasteiger charge is -2.23. The number of benzene rings is 1. The van der Waals surface area contributed by atoms with Crippen LogP contribution in [0.15, 0.2) is 18.2 Å². The van der Waals surface area contributed by atoms with Gasteiger partial charge in [0.25, 0.3) is 0 Å². The summed E-state index contributed by atoms with van der Waals surface area (Å²) in [6.45, 7) is 1.71. The van der Waals surface area contributed by atoms with Crippen molar-refractivity contribution in [3.8, 4) is 11.5 Å². The molecule has 0 spiro atoms. The zero-order valence-corrected chi connectivity index (χ0v) is 10.9. The molecule has 0 bridgehead atoms. The van der Waals surface area contributed by atoms with Crippen LogP contribution >= 0.6 is 0 Å². The van der Waals surface area contributed by atoms with Crippen molar-refractivity contribution in [1.82, 2.24) is 0 Å². The van der Waals surface area contributed by atoms with Crippen LogP contribution in [0.4, 0.5) is 0 Å². The highest BCUT2D eigenvalue weighted by molar-refractivity contribution is 5.68. The molecule has 0 aliphatic rings. The summed E-state index contributed by atoms with van der Waals surface area (Å²) < 4.78 is 10.4. The van der Waals surface area contributed by atoms with E-state index in [9.17, 15) is 4.79 Å². The van der Waals surface area contributed by atoms with Gasteiger partial charge in [0.1, 0.15) is 11.5 Å². The summed E-state index contributed by atoms with van der Waals surface area (Å²) >= 11 is 0. The van der Waals surface area contributed by atoms with Crippen LogP contribution in [0.1, 0.15) is 18.9 Å². The van der Waals surface area contributed by atoms with Gasteiger partial charge in [-0.3, -0.25) is 4.79 Å². The van der Waals surface area contributed by atoms with Crippen LogP contribution in [-0.2, 0) is 11.2 Å². The first-order chi connectivity index (χ1) is 8.38. The highest BCUT2D eigenvalue weighted by Gasteiger charge is 2.24. The molecule has 0 aromatic heterocycles. The summed E-state index contributed by atoms with van der Waals surface area (Å²) in [7, 11) is 3.14. The number of carboxylic acids is 1. The number of carbonyl (C=O) groups is 1. The molecular weight excluding hydrogens is 234 g/mol. The minimum atomic E-state index is -0.915. The topological polar surface area (TPSA) is 81.8 Å². The normalized spacial score (nSPS) is 13.8. The van der Waals surface area contributed by atoms with Gasteiger partial charge in [-0.05, 0) is 37.1 Å². The van der Waals surface area contributed by atoms with Gasteiger partial charge in [-0.1, -0.05) is 0 Å². The lowest BCUT2D eigenvalue weighted by atomic mass is 9.90. The fraction of sp³-hybridized carbons (Fsp3) is 0.462. The van der Waals surface area contributed by atoms with Crippen LogP contribution in [-0.4, -0.2) is 30.8 Å². The summed E-state index contributed by atoms with van der Waals surface area (Å²) in [5.74, 6) is 0.455. The van der Waals surface area contributed by atoms with E-state index in [1.165, 1.54) is 0 Å². The maximum atomic E-state index is 10.7. The van der Waals surface area contributed by atoms with E-state index in [1.54, 1.807) is 33.3 Å². The van der Waals surface area contributed by atoms with Crippen LogP contribution in [0.5, 0.6) is 11.5 Å².